The van der Waals surface area contributed by atoms with Crippen LogP contribution in [0.4, 0.5) is 0 Å². The fourth-order valence-electron chi connectivity index (χ4n) is 2.15. The zero-order valence-corrected chi connectivity index (χ0v) is 10.4. The predicted molar refractivity (Wildman–Crippen MR) is 62.5 cm³/mol. The molecule has 3 unspecified atom stereocenters. The zero-order valence-electron chi connectivity index (χ0n) is 10.4. The smallest absolute Gasteiger partial charge is 0.320 e. The van der Waals surface area contributed by atoms with Crippen LogP contribution in [0.2, 0.25) is 0 Å². The Morgan fingerprint density at radius 1 is 1.56 bits per heavy atom. The maximum Gasteiger partial charge on any atom is 0.320 e. The molecule has 0 aromatic carbocycles. The van der Waals surface area contributed by atoms with Gasteiger partial charge in [-0.25, -0.2) is 0 Å². The Kier molecular flexibility index (Phi) is 5.22. The highest BCUT2D eigenvalue weighted by molar-refractivity contribution is 5.73. The first-order valence-electron chi connectivity index (χ1n) is 6.09. The molecule has 1 rings (SSSR count). The number of aliphatic carboxylic acids is 1. The average molecular weight is 229 g/mol. The van der Waals surface area contributed by atoms with Crippen molar-refractivity contribution in [1.29, 1.82) is 0 Å². The number of nitrogens with one attached hydrogen (secondary N) is 1. The van der Waals surface area contributed by atoms with Gasteiger partial charge in [-0.1, -0.05) is 13.8 Å². The van der Waals surface area contributed by atoms with Gasteiger partial charge in [0.15, 0.2) is 0 Å². The molecule has 3 atom stereocenters. The lowest BCUT2D eigenvalue weighted by Crippen LogP contribution is -2.47. The number of carboxylic acids is 1. The Hall–Kier alpha value is -0.610. The first kappa shape index (κ1) is 13.5. The lowest BCUT2D eigenvalue weighted by atomic mass is 9.99. The van der Waals surface area contributed by atoms with Gasteiger partial charge in [0, 0.05) is 12.6 Å². The molecule has 1 saturated heterocycles. The molecule has 94 valence electrons. The molecule has 2 N–H and O–H groups in total. The molecular weight excluding hydrogens is 206 g/mol. The first-order valence-corrected chi connectivity index (χ1v) is 6.09. The SMILES string of the molecule is CC(C)CC(NC1CCOC(C)C1)C(=O)O. The summed E-state index contributed by atoms with van der Waals surface area (Å²) in [6, 6.07) is -0.140. The quantitative estimate of drug-likeness (QED) is 0.752. The number of hydrogen-bond acceptors (Lipinski definition) is 3. The lowest BCUT2D eigenvalue weighted by molar-refractivity contribution is -0.140. The maximum absolute atomic E-state index is 11.1. The van der Waals surface area contributed by atoms with Crippen LogP contribution in [0.5, 0.6) is 0 Å². The summed E-state index contributed by atoms with van der Waals surface area (Å²) >= 11 is 0. The van der Waals surface area contributed by atoms with Crippen molar-refractivity contribution < 1.29 is 14.6 Å². The normalized spacial score (nSPS) is 28.0. The number of hydrogen-bond donors (Lipinski definition) is 2. The van der Waals surface area contributed by atoms with E-state index in [2.05, 4.69) is 5.32 Å². The molecule has 0 spiro atoms. The van der Waals surface area contributed by atoms with Crippen molar-refractivity contribution in [1.82, 2.24) is 5.32 Å². The summed E-state index contributed by atoms with van der Waals surface area (Å²) in [6.07, 6.45) is 2.73. The summed E-state index contributed by atoms with van der Waals surface area (Å²) in [4.78, 5) is 11.1. The molecule has 0 saturated carbocycles. The molecule has 0 radical (unpaired) electrons. The van der Waals surface area contributed by atoms with E-state index >= 15 is 0 Å². The third-order valence-corrected chi connectivity index (χ3v) is 2.93. The van der Waals surface area contributed by atoms with Gasteiger partial charge in [-0.05, 0) is 32.1 Å². The summed E-state index contributed by atoms with van der Waals surface area (Å²) in [5, 5.41) is 12.4. The van der Waals surface area contributed by atoms with E-state index in [0.717, 1.165) is 19.4 Å². The third-order valence-electron chi connectivity index (χ3n) is 2.93. The number of rotatable bonds is 5. The largest absolute Gasteiger partial charge is 0.480 e. The number of carboxylic acid groups (broad SMARTS) is 1. The fourth-order valence-corrected chi connectivity index (χ4v) is 2.15. The van der Waals surface area contributed by atoms with Crippen LogP contribution in [0, 0.1) is 5.92 Å². The Bertz CT molecular complexity index is 230. The highest BCUT2D eigenvalue weighted by Gasteiger charge is 2.25. The summed E-state index contributed by atoms with van der Waals surface area (Å²) in [7, 11) is 0. The minimum atomic E-state index is -0.743. The van der Waals surface area contributed by atoms with E-state index in [1.54, 1.807) is 0 Å². The predicted octanol–water partition coefficient (Wildman–Crippen LogP) is 1.64. The van der Waals surface area contributed by atoms with Crippen molar-refractivity contribution in [3.05, 3.63) is 0 Å². The van der Waals surface area contributed by atoms with Crippen molar-refractivity contribution >= 4 is 5.97 Å². The summed E-state index contributed by atoms with van der Waals surface area (Å²) in [5.41, 5.74) is 0. The van der Waals surface area contributed by atoms with E-state index in [4.69, 9.17) is 9.84 Å². The molecule has 1 aliphatic rings. The van der Waals surface area contributed by atoms with E-state index in [0.29, 0.717) is 12.3 Å². The van der Waals surface area contributed by atoms with Gasteiger partial charge < -0.3 is 15.2 Å². The van der Waals surface area contributed by atoms with Gasteiger partial charge in [-0.2, -0.15) is 0 Å². The summed E-state index contributed by atoms with van der Waals surface area (Å²) < 4.78 is 5.44. The molecule has 0 aromatic rings. The molecule has 4 heteroatoms. The third kappa shape index (κ3) is 4.49. The van der Waals surface area contributed by atoms with Gasteiger partial charge in [0.1, 0.15) is 6.04 Å². The van der Waals surface area contributed by atoms with Crippen LogP contribution in [-0.4, -0.2) is 35.9 Å². The van der Waals surface area contributed by atoms with Crippen LogP contribution in [0.1, 0.15) is 40.0 Å². The highest BCUT2D eigenvalue weighted by atomic mass is 16.5. The van der Waals surface area contributed by atoms with Gasteiger partial charge >= 0.3 is 5.97 Å². The molecule has 1 heterocycles. The lowest BCUT2D eigenvalue weighted by Gasteiger charge is -2.30. The van der Waals surface area contributed by atoms with Gasteiger partial charge in [0.25, 0.3) is 0 Å². The monoisotopic (exact) mass is 229 g/mol. The van der Waals surface area contributed by atoms with Crippen molar-refractivity contribution in [3.8, 4) is 0 Å². The van der Waals surface area contributed by atoms with Crippen LogP contribution < -0.4 is 5.32 Å². The zero-order chi connectivity index (χ0) is 12.1. The molecule has 1 fully saturated rings. The van der Waals surface area contributed by atoms with Crippen molar-refractivity contribution in [2.24, 2.45) is 5.92 Å². The second-order valence-corrected chi connectivity index (χ2v) is 5.09. The Morgan fingerprint density at radius 2 is 2.25 bits per heavy atom. The standard InChI is InChI=1S/C12H23NO3/c1-8(2)6-11(12(14)15)13-10-4-5-16-9(3)7-10/h8-11,13H,4-7H2,1-3H3,(H,14,15). The topological polar surface area (TPSA) is 58.6 Å². The molecule has 1 aliphatic heterocycles. The second kappa shape index (κ2) is 6.21. The molecule has 16 heavy (non-hydrogen) atoms. The Morgan fingerprint density at radius 3 is 2.75 bits per heavy atom. The van der Waals surface area contributed by atoms with Crippen molar-refractivity contribution in [2.75, 3.05) is 6.61 Å². The molecule has 0 aliphatic carbocycles. The molecule has 0 bridgehead atoms. The molecule has 0 aromatic heterocycles. The minimum absolute atomic E-state index is 0.236. The first-order chi connectivity index (χ1) is 7.49. The van der Waals surface area contributed by atoms with Gasteiger partial charge in [0.05, 0.1) is 6.10 Å². The molecule has 4 nitrogen and oxygen atoms in total. The maximum atomic E-state index is 11.1. The van der Waals surface area contributed by atoms with Crippen LogP contribution in [-0.2, 0) is 9.53 Å². The number of ether oxygens (including phenoxy) is 1. The van der Waals surface area contributed by atoms with E-state index in [9.17, 15) is 4.79 Å². The van der Waals surface area contributed by atoms with Crippen LogP contribution in [0.15, 0.2) is 0 Å². The Balaban J connectivity index is 2.44. The molecule has 0 amide bonds. The van der Waals surface area contributed by atoms with Crippen LogP contribution in [0.25, 0.3) is 0 Å². The fraction of sp³-hybridized carbons (Fsp3) is 0.917. The summed E-state index contributed by atoms with van der Waals surface area (Å²) in [5.74, 6) is -0.348. The van der Waals surface area contributed by atoms with Gasteiger partial charge in [-0.15, -0.1) is 0 Å². The Labute approximate surface area is 97.4 Å². The van der Waals surface area contributed by atoms with E-state index in [1.165, 1.54) is 0 Å². The average Bonchev–Trinajstić information content (AvgIpc) is 2.15. The van der Waals surface area contributed by atoms with E-state index < -0.39 is 12.0 Å². The minimum Gasteiger partial charge on any atom is -0.480 e. The van der Waals surface area contributed by atoms with Gasteiger partial charge in [-0.3, -0.25) is 4.79 Å². The highest BCUT2D eigenvalue weighted by Crippen LogP contribution is 2.15. The van der Waals surface area contributed by atoms with Crippen molar-refractivity contribution in [2.45, 2.75) is 58.2 Å². The molecular formula is C12H23NO3. The van der Waals surface area contributed by atoms with E-state index in [-0.39, 0.29) is 12.1 Å². The van der Waals surface area contributed by atoms with Crippen LogP contribution >= 0.6 is 0 Å². The second-order valence-electron chi connectivity index (χ2n) is 5.09. The van der Waals surface area contributed by atoms with Gasteiger partial charge in [0.2, 0.25) is 0 Å². The number of carbonyl (C=O) groups is 1. The van der Waals surface area contributed by atoms with Crippen LogP contribution in [0.3, 0.4) is 0 Å². The van der Waals surface area contributed by atoms with E-state index in [1.807, 2.05) is 20.8 Å². The summed E-state index contributed by atoms with van der Waals surface area (Å²) in [6.45, 7) is 6.85. The van der Waals surface area contributed by atoms with Crippen molar-refractivity contribution in [3.63, 3.8) is 0 Å².